The lowest BCUT2D eigenvalue weighted by Crippen LogP contribution is -2.28. The molecule has 0 atom stereocenters. The summed E-state index contributed by atoms with van der Waals surface area (Å²) in [6.45, 7) is 10.8. The molecule has 0 heterocycles. The van der Waals surface area contributed by atoms with E-state index < -0.39 is 0 Å². The fourth-order valence-corrected chi connectivity index (χ4v) is 2.42. The second-order valence-electron chi connectivity index (χ2n) is 6.58. The smallest absolute Gasteiger partial charge is 0.306 e. The largest absolute Gasteiger partial charge is 0.466 e. The lowest BCUT2D eigenvalue weighted by atomic mass is 9.96. The molecule has 0 aromatic carbocycles. The molecular weight excluding hydrogens is 280 g/mol. The van der Waals surface area contributed by atoms with E-state index in [1.54, 1.807) is 0 Å². The topological polar surface area (TPSA) is 52.6 Å². The number of ether oxygens (including phenoxy) is 2. The third-order valence-corrected chi connectivity index (χ3v) is 3.60. The Morgan fingerprint density at radius 2 is 1.41 bits per heavy atom. The average Bonchev–Trinajstić information content (AvgIpc) is 2.43. The molecule has 0 spiro atoms. The first kappa shape index (κ1) is 20.9. The Kier molecular flexibility index (Phi) is 11.9. The molecule has 0 aliphatic heterocycles. The van der Waals surface area contributed by atoms with Gasteiger partial charge in [0.1, 0.15) is 6.10 Å². The number of carbonyl (C=O) groups is 2. The minimum Gasteiger partial charge on any atom is -0.466 e. The predicted molar refractivity (Wildman–Crippen MR) is 88.5 cm³/mol. The van der Waals surface area contributed by atoms with Crippen molar-refractivity contribution in [3.63, 3.8) is 0 Å². The SMILES string of the molecule is CCCCCCOC(=O)CCCC(=O)OC(C(C)C)C(C)C. The van der Waals surface area contributed by atoms with Crippen LogP contribution in [0.25, 0.3) is 0 Å². The van der Waals surface area contributed by atoms with Crippen molar-refractivity contribution in [3.8, 4) is 0 Å². The molecule has 0 saturated carbocycles. The molecule has 0 aromatic rings. The van der Waals surface area contributed by atoms with E-state index in [0.29, 0.717) is 24.9 Å². The van der Waals surface area contributed by atoms with Crippen LogP contribution in [0.3, 0.4) is 0 Å². The molecule has 0 aliphatic rings. The van der Waals surface area contributed by atoms with Crippen LogP contribution in [0, 0.1) is 11.8 Å². The summed E-state index contributed by atoms with van der Waals surface area (Å²) in [4.78, 5) is 23.3. The minimum absolute atomic E-state index is 0.0574. The fourth-order valence-electron chi connectivity index (χ4n) is 2.42. The van der Waals surface area contributed by atoms with Gasteiger partial charge in [-0.25, -0.2) is 0 Å². The summed E-state index contributed by atoms with van der Waals surface area (Å²) in [5, 5.41) is 0. The molecule has 0 saturated heterocycles. The molecular formula is C18H34O4. The zero-order valence-electron chi connectivity index (χ0n) is 15.0. The molecule has 4 heteroatoms. The predicted octanol–water partition coefficient (Wildman–Crippen LogP) is 4.50. The van der Waals surface area contributed by atoms with Gasteiger partial charge in [0, 0.05) is 12.8 Å². The van der Waals surface area contributed by atoms with Crippen molar-refractivity contribution in [2.24, 2.45) is 11.8 Å². The Bertz CT molecular complexity index is 302. The summed E-state index contributed by atoms with van der Waals surface area (Å²) in [7, 11) is 0. The zero-order valence-corrected chi connectivity index (χ0v) is 15.0. The van der Waals surface area contributed by atoms with Crippen LogP contribution in [0.15, 0.2) is 0 Å². The van der Waals surface area contributed by atoms with E-state index in [1.165, 1.54) is 12.8 Å². The van der Waals surface area contributed by atoms with Crippen molar-refractivity contribution in [3.05, 3.63) is 0 Å². The first-order valence-corrected chi connectivity index (χ1v) is 8.73. The maximum atomic E-state index is 11.8. The summed E-state index contributed by atoms with van der Waals surface area (Å²) in [5.41, 5.74) is 0. The molecule has 0 aromatic heterocycles. The van der Waals surface area contributed by atoms with Gasteiger partial charge >= 0.3 is 11.9 Å². The molecule has 0 radical (unpaired) electrons. The molecule has 0 N–H and O–H groups in total. The summed E-state index contributed by atoms with van der Waals surface area (Å²) in [6, 6.07) is 0. The zero-order chi connectivity index (χ0) is 17.0. The normalized spacial score (nSPS) is 11.3. The lowest BCUT2D eigenvalue weighted by Gasteiger charge is -2.24. The fraction of sp³-hybridized carbons (Fsp3) is 0.889. The Balaban J connectivity index is 3.76. The van der Waals surface area contributed by atoms with Crippen molar-refractivity contribution >= 4 is 11.9 Å². The highest BCUT2D eigenvalue weighted by atomic mass is 16.5. The van der Waals surface area contributed by atoms with Crippen LogP contribution in [-0.4, -0.2) is 24.6 Å². The van der Waals surface area contributed by atoms with Crippen molar-refractivity contribution in [1.82, 2.24) is 0 Å². The summed E-state index contributed by atoms with van der Waals surface area (Å²) >= 11 is 0. The van der Waals surface area contributed by atoms with E-state index in [-0.39, 0.29) is 30.9 Å². The van der Waals surface area contributed by atoms with E-state index in [2.05, 4.69) is 6.92 Å². The minimum atomic E-state index is -0.219. The molecule has 0 amide bonds. The maximum Gasteiger partial charge on any atom is 0.306 e. The van der Waals surface area contributed by atoms with Crippen LogP contribution in [0.4, 0.5) is 0 Å². The highest BCUT2D eigenvalue weighted by molar-refractivity contribution is 5.72. The number of carbonyl (C=O) groups excluding carboxylic acids is 2. The van der Waals surface area contributed by atoms with Crippen LogP contribution in [0.1, 0.15) is 79.6 Å². The molecule has 22 heavy (non-hydrogen) atoms. The summed E-state index contributed by atoms with van der Waals surface area (Å²) in [5.74, 6) is 0.172. The van der Waals surface area contributed by atoms with Gasteiger partial charge in [0.15, 0.2) is 0 Å². The molecule has 0 rings (SSSR count). The Morgan fingerprint density at radius 1 is 0.818 bits per heavy atom. The Morgan fingerprint density at radius 3 is 1.95 bits per heavy atom. The Labute approximate surface area is 135 Å². The van der Waals surface area contributed by atoms with Crippen LogP contribution in [-0.2, 0) is 19.1 Å². The van der Waals surface area contributed by atoms with Crippen molar-refractivity contribution in [2.45, 2.75) is 85.7 Å². The van der Waals surface area contributed by atoms with Gasteiger partial charge in [0.05, 0.1) is 6.61 Å². The van der Waals surface area contributed by atoms with Gasteiger partial charge in [-0.15, -0.1) is 0 Å². The number of hydrogen-bond donors (Lipinski definition) is 0. The van der Waals surface area contributed by atoms with E-state index in [9.17, 15) is 9.59 Å². The van der Waals surface area contributed by atoms with Crippen LogP contribution < -0.4 is 0 Å². The van der Waals surface area contributed by atoms with Crippen LogP contribution in [0.5, 0.6) is 0 Å². The maximum absolute atomic E-state index is 11.8. The second kappa shape index (κ2) is 12.5. The van der Waals surface area contributed by atoms with Gasteiger partial charge in [0.2, 0.25) is 0 Å². The molecule has 0 unspecified atom stereocenters. The van der Waals surface area contributed by atoms with Crippen LogP contribution >= 0.6 is 0 Å². The molecule has 130 valence electrons. The van der Waals surface area contributed by atoms with Crippen molar-refractivity contribution in [1.29, 1.82) is 0 Å². The van der Waals surface area contributed by atoms with Gasteiger partial charge in [0.25, 0.3) is 0 Å². The van der Waals surface area contributed by atoms with Crippen molar-refractivity contribution in [2.75, 3.05) is 6.61 Å². The van der Waals surface area contributed by atoms with E-state index in [1.807, 2.05) is 27.7 Å². The van der Waals surface area contributed by atoms with Gasteiger partial charge < -0.3 is 9.47 Å². The molecule has 0 bridgehead atoms. The molecule has 0 aliphatic carbocycles. The number of esters is 2. The van der Waals surface area contributed by atoms with Gasteiger partial charge in [-0.1, -0.05) is 53.9 Å². The summed E-state index contributed by atoms with van der Waals surface area (Å²) < 4.78 is 10.6. The number of rotatable bonds is 12. The first-order chi connectivity index (χ1) is 10.4. The van der Waals surface area contributed by atoms with E-state index >= 15 is 0 Å². The third-order valence-electron chi connectivity index (χ3n) is 3.60. The molecule has 4 nitrogen and oxygen atoms in total. The highest BCUT2D eigenvalue weighted by Crippen LogP contribution is 2.17. The lowest BCUT2D eigenvalue weighted by molar-refractivity contribution is -0.154. The quantitative estimate of drug-likeness (QED) is 0.393. The van der Waals surface area contributed by atoms with Gasteiger partial charge in [-0.05, 0) is 24.7 Å². The molecule has 0 fully saturated rings. The van der Waals surface area contributed by atoms with E-state index in [0.717, 1.165) is 12.8 Å². The van der Waals surface area contributed by atoms with Gasteiger partial charge in [-0.3, -0.25) is 9.59 Å². The monoisotopic (exact) mass is 314 g/mol. The second-order valence-corrected chi connectivity index (χ2v) is 6.58. The third kappa shape index (κ3) is 10.6. The summed E-state index contributed by atoms with van der Waals surface area (Å²) in [6.07, 6.45) is 5.37. The average molecular weight is 314 g/mol. The Hall–Kier alpha value is -1.06. The highest BCUT2D eigenvalue weighted by Gasteiger charge is 2.21. The van der Waals surface area contributed by atoms with Gasteiger partial charge in [-0.2, -0.15) is 0 Å². The number of hydrogen-bond acceptors (Lipinski definition) is 4. The standard InChI is InChI=1S/C18H34O4/c1-6-7-8-9-13-21-16(19)11-10-12-17(20)22-18(14(2)3)15(4)5/h14-15,18H,6-13H2,1-5H3. The first-order valence-electron chi connectivity index (χ1n) is 8.73. The van der Waals surface area contributed by atoms with E-state index in [4.69, 9.17) is 9.47 Å². The van der Waals surface area contributed by atoms with Crippen LogP contribution in [0.2, 0.25) is 0 Å². The van der Waals surface area contributed by atoms with Crippen molar-refractivity contribution < 1.29 is 19.1 Å². The number of unbranched alkanes of at least 4 members (excludes halogenated alkanes) is 3.